The number of nitrogens with one attached hydrogen (secondary N) is 2. The van der Waals surface area contributed by atoms with Crippen molar-refractivity contribution in [1.29, 1.82) is 0 Å². The van der Waals surface area contributed by atoms with Crippen molar-refractivity contribution in [1.82, 2.24) is 20.0 Å². The first-order valence-electron chi connectivity index (χ1n) is 11.7. The number of hydrogen-bond acceptors (Lipinski definition) is 5. The van der Waals surface area contributed by atoms with Crippen molar-refractivity contribution in [3.63, 3.8) is 0 Å². The third kappa shape index (κ3) is 5.43. The maximum Gasteiger partial charge on any atom is 0.272 e. The molecule has 1 atom stereocenters. The molecule has 2 heterocycles. The second-order valence-electron chi connectivity index (χ2n) is 8.98. The van der Waals surface area contributed by atoms with Gasteiger partial charge < -0.3 is 15.5 Å². The predicted molar refractivity (Wildman–Crippen MR) is 128 cm³/mol. The highest BCUT2D eigenvalue weighted by molar-refractivity contribution is 6.00. The normalized spacial score (nSPS) is 20.4. The van der Waals surface area contributed by atoms with E-state index in [2.05, 4.69) is 46.9 Å². The van der Waals surface area contributed by atoms with Crippen LogP contribution in [0, 0.1) is 0 Å². The zero-order valence-electron chi connectivity index (χ0n) is 20.1. The molecule has 8 nitrogen and oxygen atoms in total. The number of rotatable bonds is 5. The van der Waals surface area contributed by atoms with Crippen LogP contribution in [0.25, 0.3) is 0 Å². The van der Waals surface area contributed by atoms with Crippen molar-refractivity contribution in [2.75, 3.05) is 19.4 Å². The molecule has 8 heteroatoms. The molecule has 0 radical (unpaired) electrons. The molecule has 1 unspecified atom stereocenters. The number of amides is 2. The van der Waals surface area contributed by atoms with Gasteiger partial charge in [0.25, 0.3) is 5.91 Å². The summed E-state index contributed by atoms with van der Waals surface area (Å²) in [7, 11) is 3.56. The molecule has 0 saturated heterocycles. The Bertz CT molecular complexity index is 955. The third-order valence-corrected chi connectivity index (χ3v) is 6.72. The van der Waals surface area contributed by atoms with Crippen molar-refractivity contribution in [3.8, 4) is 0 Å². The van der Waals surface area contributed by atoms with Gasteiger partial charge >= 0.3 is 0 Å². The molecule has 2 amide bonds. The van der Waals surface area contributed by atoms with Crippen molar-refractivity contribution in [3.05, 3.63) is 47.3 Å². The van der Waals surface area contributed by atoms with Crippen LogP contribution in [-0.2, 0) is 17.8 Å². The average molecular weight is 454 g/mol. The molecule has 0 bridgehead atoms. The fourth-order valence-corrected chi connectivity index (χ4v) is 4.30. The van der Waals surface area contributed by atoms with Crippen LogP contribution in [0.5, 0.6) is 0 Å². The van der Waals surface area contributed by atoms with E-state index >= 15 is 0 Å². The van der Waals surface area contributed by atoms with E-state index in [1.54, 1.807) is 14.0 Å². The minimum Gasteiger partial charge on any atom is -0.388 e. The molecule has 0 spiro atoms. The summed E-state index contributed by atoms with van der Waals surface area (Å²) < 4.78 is 1.46. The minimum absolute atomic E-state index is 0.158. The molecule has 1 aliphatic heterocycles. The molecule has 2 N–H and O–H groups in total. The van der Waals surface area contributed by atoms with E-state index in [0.717, 1.165) is 32.1 Å². The van der Waals surface area contributed by atoms with Crippen LogP contribution in [0.4, 0.5) is 5.69 Å². The van der Waals surface area contributed by atoms with Crippen molar-refractivity contribution in [2.24, 2.45) is 0 Å². The number of carbonyl (C=O) groups is 3. The number of hydrogen-bond donors (Lipinski definition) is 2. The van der Waals surface area contributed by atoms with Gasteiger partial charge in [0, 0.05) is 25.8 Å². The summed E-state index contributed by atoms with van der Waals surface area (Å²) in [5.41, 5.74) is 2.11. The molecular weight excluding hydrogens is 418 g/mol. The molecule has 1 aromatic carbocycles. The van der Waals surface area contributed by atoms with Crippen molar-refractivity contribution < 1.29 is 14.4 Å². The molecule has 1 fully saturated rings. The summed E-state index contributed by atoms with van der Waals surface area (Å²) in [6.45, 7) is 4.15. The number of aromatic nitrogens is 2. The van der Waals surface area contributed by atoms with Crippen LogP contribution in [0.2, 0.25) is 0 Å². The summed E-state index contributed by atoms with van der Waals surface area (Å²) in [5, 5.41) is 10.3. The predicted octanol–water partition coefficient (Wildman–Crippen LogP) is 3.28. The minimum atomic E-state index is -1.01. The highest BCUT2D eigenvalue weighted by Gasteiger charge is 2.46. The Morgan fingerprint density at radius 3 is 2.45 bits per heavy atom. The van der Waals surface area contributed by atoms with E-state index in [0.29, 0.717) is 12.0 Å². The van der Waals surface area contributed by atoms with Crippen LogP contribution < -0.4 is 10.6 Å². The van der Waals surface area contributed by atoms with Gasteiger partial charge in [-0.15, -0.1) is 0 Å². The van der Waals surface area contributed by atoms with Gasteiger partial charge in [-0.3, -0.25) is 19.1 Å². The quantitative estimate of drug-likeness (QED) is 0.678. The first-order chi connectivity index (χ1) is 15.8. The van der Waals surface area contributed by atoms with Gasteiger partial charge in [-0.25, -0.2) is 0 Å². The van der Waals surface area contributed by atoms with E-state index in [1.807, 2.05) is 7.05 Å². The van der Waals surface area contributed by atoms with E-state index in [-0.39, 0.29) is 30.1 Å². The van der Waals surface area contributed by atoms with Crippen molar-refractivity contribution >= 4 is 23.8 Å². The lowest BCUT2D eigenvalue weighted by atomic mass is 9.92. The molecule has 1 saturated carbocycles. The monoisotopic (exact) mass is 453 g/mol. The maximum absolute atomic E-state index is 12.8. The molecule has 178 valence electrons. The molecule has 33 heavy (non-hydrogen) atoms. The van der Waals surface area contributed by atoms with Gasteiger partial charge in [0.1, 0.15) is 16.9 Å². The van der Waals surface area contributed by atoms with Crippen LogP contribution in [0.1, 0.15) is 72.5 Å². The van der Waals surface area contributed by atoms with Gasteiger partial charge in [0.05, 0.1) is 6.54 Å². The second kappa shape index (κ2) is 10.6. The second-order valence-corrected chi connectivity index (χ2v) is 8.98. The molecule has 1 aromatic heterocycles. The smallest absolute Gasteiger partial charge is 0.272 e. The topological polar surface area (TPSA) is 96.3 Å². The number of anilines is 1. The number of benzene rings is 1. The Morgan fingerprint density at radius 1 is 1.21 bits per heavy atom. The SMILES string of the molecule is CCc1ccc(NC)cc1.CN1C(=O)c2cc(C=O)nn2CC1(C)C(=O)NC1CCCCC1. The van der Waals surface area contributed by atoms with Gasteiger partial charge in [0.15, 0.2) is 6.29 Å². The zero-order valence-corrected chi connectivity index (χ0v) is 20.1. The Kier molecular flexibility index (Phi) is 7.89. The van der Waals surface area contributed by atoms with E-state index in [1.165, 1.54) is 33.3 Å². The van der Waals surface area contributed by atoms with Gasteiger partial charge in [-0.1, -0.05) is 38.3 Å². The zero-order chi connectivity index (χ0) is 24.0. The van der Waals surface area contributed by atoms with Crippen molar-refractivity contribution in [2.45, 2.75) is 70.5 Å². The Balaban J connectivity index is 0.000000257. The van der Waals surface area contributed by atoms with Crippen LogP contribution in [0.15, 0.2) is 30.3 Å². The summed E-state index contributed by atoms with van der Waals surface area (Å²) in [5.74, 6) is -0.452. The number of likely N-dealkylation sites (N-methyl/N-ethyl adjacent to an activating group) is 1. The number of aldehydes is 1. The number of nitrogens with zero attached hydrogens (tertiary/aromatic N) is 3. The fraction of sp³-hybridized carbons (Fsp3) is 0.520. The molecule has 2 aliphatic rings. The number of fused-ring (bicyclic) bond motifs is 1. The first kappa shape index (κ1) is 24.5. The highest BCUT2D eigenvalue weighted by atomic mass is 16.2. The standard InChI is InChI=1S/C16H22N4O3.C9H13N/c1-16(15(23)17-11-6-4-3-5-7-11)10-20-13(14(22)19(16)2)8-12(9-21)18-20;1-3-8-4-6-9(10-2)7-5-8/h8-9,11H,3-7,10H2,1-2H3,(H,17,23);4-7,10H,3H2,1-2H3. The summed E-state index contributed by atoms with van der Waals surface area (Å²) >= 11 is 0. The highest BCUT2D eigenvalue weighted by Crippen LogP contribution is 2.27. The first-order valence-corrected chi connectivity index (χ1v) is 11.7. The molecule has 1 aliphatic carbocycles. The van der Waals surface area contributed by atoms with E-state index in [9.17, 15) is 14.4 Å². The average Bonchev–Trinajstić information content (AvgIpc) is 3.26. The van der Waals surface area contributed by atoms with Gasteiger partial charge in [-0.2, -0.15) is 5.10 Å². The largest absolute Gasteiger partial charge is 0.388 e. The van der Waals surface area contributed by atoms with E-state index in [4.69, 9.17) is 0 Å². The lowest BCUT2D eigenvalue weighted by molar-refractivity contribution is -0.133. The summed E-state index contributed by atoms with van der Waals surface area (Å²) in [6.07, 6.45) is 7.17. The summed E-state index contributed by atoms with van der Waals surface area (Å²) in [4.78, 5) is 37.7. The fourth-order valence-electron chi connectivity index (χ4n) is 4.30. The number of aryl methyl sites for hydroxylation is 1. The Labute approximate surface area is 195 Å². The molecular formula is C25H35N5O3. The third-order valence-electron chi connectivity index (χ3n) is 6.72. The molecule has 2 aromatic rings. The maximum atomic E-state index is 12.8. The lowest BCUT2D eigenvalue weighted by Crippen LogP contribution is -2.63. The van der Waals surface area contributed by atoms with Gasteiger partial charge in [-0.05, 0) is 49.9 Å². The van der Waals surface area contributed by atoms with E-state index < -0.39 is 5.54 Å². The van der Waals surface area contributed by atoms with Crippen LogP contribution in [0.3, 0.4) is 0 Å². The van der Waals surface area contributed by atoms with Crippen LogP contribution in [-0.4, -0.2) is 58.5 Å². The summed E-state index contributed by atoms with van der Waals surface area (Å²) in [6, 6.07) is 10.1. The number of carbonyl (C=O) groups excluding carboxylic acids is 3. The Morgan fingerprint density at radius 2 is 1.88 bits per heavy atom. The molecule has 4 rings (SSSR count). The lowest BCUT2D eigenvalue weighted by Gasteiger charge is -2.41. The Hall–Kier alpha value is -3.16. The van der Waals surface area contributed by atoms with Crippen LogP contribution >= 0.6 is 0 Å². The van der Waals surface area contributed by atoms with Gasteiger partial charge in [0.2, 0.25) is 5.91 Å².